The Morgan fingerprint density at radius 1 is 1.41 bits per heavy atom. The van der Waals surface area contributed by atoms with Gasteiger partial charge in [0.2, 0.25) is 0 Å². The first-order chi connectivity index (χ1) is 8.29. The van der Waals surface area contributed by atoms with Crippen LogP contribution in [0.1, 0.15) is 29.0 Å². The summed E-state index contributed by atoms with van der Waals surface area (Å²) in [6.45, 7) is 3.02. The summed E-state index contributed by atoms with van der Waals surface area (Å²) in [4.78, 5) is 5.31. The maximum atomic E-state index is 9.06. The highest BCUT2D eigenvalue weighted by Crippen LogP contribution is 2.17. The molecule has 1 heterocycles. The van der Waals surface area contributed by atoms with Crippen LogP contribution in [-0.2, 0) is 13.2 Å². The SMILES string of the molecule is CC(NCc1cccc(CO)c1)c1cncs1. The van der Waals surface area contributed by atoms with E-state index in [2.05, 4.69) is 23.3 Å². The second-order valence-electron chi connectivity index (χ2n) is 3.98. The average Bonchev–Trinajstić information content (AvgIpc) is 2.90. The minimum Gasteiger partial charge on any atom is -0.392 e. The van der Waals surface area contributed by atoms with Gasteiger partial charge in [0.25, 0.3) is 0 Å². The third-order valence-corrected chi connectivity index (χ3v) is 3.62. The molecule has 1 aromatic heterocycles. The molecule has 0 aliphatic carbocycles. The van der Waals surface area contributed by atoms with E-state index in [1.54, 1.807) is 11.3 Å². The smallest absolute Gasteiger partial charge is 0.0794 e. The van der Waals surface area contributed by atoms with Crippen molar-refractivity contribution >= 4 is 11.3 Å². The summed E-state index contributed by atoms with van der Waals surface area (Å²) in [5, 5.41) is 12.5. The van der Waals surface area contributed by atoms with E-state index in [1.165, 1.54) is 10.4 Å². The lowest BCUT2D eigenvalue weighted by molar-refractivity contribution is 0.281. The highest BCUT2D eigenvalue weighted by molar-refractivity contribution is 7.09. The molecule has 0 amide bonds. The first-order valence-electron chi connectivity index (χ1n) is 5.60. The number of nitrogens with zero attached hydrogens (tertiary/aromatic N) is 1. The molecule has 1 unspecified atom stereocenters. The van der Waals surface area contributed by atoms with E-state index in [4.69, 9.17) is 5.11 Å². The zero-order valence-electron chi connectivity index (χ0n) is 9.76. The Hall–Kier alpha value is -1.23. The van der Waals surface area contributed by atoms with Crippen molar-refractivity contribution < 1.29 is 5.11 Å². The lowest BCUT2D eigenvalue weighted by Crippen LogP contribution is -2.17. The van der Waals surface area contributed by atoms with Crippen molar-refractivity contribution in [1.29, 1.82) is 0 Å². The Labute approximate surface area is 105 Å². The molecule has 90 valence electrons. The fourth-order valence-electron chi connectivity index (χ4n) is 1.65. The van der Waals surface area contributed by atoms with Crippen molar-refractivity contribution in [3.05, 3.63) is 52.0 Å². The van der Waals surface area contributed by atoms with Crippen molar-refractivity contribution in [3.8, 4) is 0 Å². The van der Waals surface area contributed by atoms with Crippen LogP contribution in [0.25, 0.3) is 0 Å². The average molecular weight is 248 g/mol. The van der Waals surface area contributed by atoms with Gasteiger partial charge in [-0.05, 0) is 18.1 Å². The fraction of sp³-hybridized carbons (Fsp3) is 0.308. The van der Waals surface area contributed by atoms with Crippen LogP contribution in [0.15, 0.2) is 36.0 Å². The van der Waals surface area contributed by atoms with Gasteiger partial charge in [-0.3, -0.25) is 4.98 Å². The lowest BCUT2D eigenvalue weighted by Gasteiger charge is -2.12. The maximum Gasteiger partial charge on any atom is 0.0794 e. The number of nitrogens with one attached hydrogen (secondary N) is 1. The fourth-order valence-corrected chi connectivity index (χ4v) is 2.30. The number of benzene rings is 1. The number of hydrogen-bond donors (Lipinski definition) is 2. The molecule has 2 aromatic rings. The monoisotopic (exact) mass is 248 g/mol. The summed E-state index contributed by atoms with van der Waals surface area (Å²) in [6.07, 6.45) is 1.90. The van der Waals surface area contributed by atoms with Crippen LogP contribution in [0.5, 0.6) is 0 Å². The molecule has 0 aliphatic rings. The normalized spacial score (nSPS) is 12.6. The van der Waals surface area contributed by atoms with Crippen LogP contribution in [0.3, 0.4) is 0 Å². The second kappa shape index (κ2) is 5.91. The molecule has 0 aliphatic heterocycles. The zero-order valence-corrected chi connectivity index (χ0v) is 10.6. The van der Waals surface area contributed by atoms with Gasteiger partial charge in [0.05, 0.1) is 12.1 Å². The maximum absolute atomic E-state index is 9.06. The van der Waals surface area contributed by atoms with Gasteiger partial charge in [0.15, 0.2) is 0 Å². The predicted octanol–water partition coefficient (Wildman–Crippen LogP) is 2.49. The van der Waals surface area contributed by atoms with Crippen molar-refractivity contribution in [2.45, 2.75) is 26.1 Å². The predicted molar refractivity (Wildman–Crippen MR) is 69.7 cm³/mol. The third kappa shape index (κ3) is 3.36. The van der Waals surface area contributed by atoms with E-state index in [1.807, 2.05) is 29.9 Å². The highest BCUT2D eigenvalue weighted by Gasteiger charge is 2.06. The van der Waals surface area contributed by atoms with E-state index in [9.17, 15) is 0 Å². The van der Waals surface area contributed by atoms with Gasteiger partial charge >= 0.3 is 0 Å². The van der Waals surface area contributed by atoms with Crippen molar-refractivity contribution in [2.75, 3.05) is 0 Å². The topological polar surface area (TPSA) is 45.1 Å². The summed E-state index contributed by atoms with van der Waals surface area (Å²) in [5.74, 6) is 0. The Morgan fingerprint density at radius 2 is 2.24 bits per heavy atom. The van der Waals surface area contributed by atoms with Gasteiger partial charge in [-0.2, -0.15) is 0 Å². The highest BCUT2D eigenvalue weighted by atomic mass is 32.1. The summed E-state index contributed by atoms with van der Waals surface area (Å²) < 4.78 is 0. The van der Waals surface area contributed by atoms with Gasteiger partial charge in [-0.1, -0.05) is 24.3 Å². The van der Waals surface area contributed by atoms with Gasteiger partial charge in [0.1, 0.15) is 0 Å². The van der Waals surface area contributed by atoms with Gasteiger partial charge in [-0.15, -0.1) is 11.3 Å². The molecular weight excluding hydrogens is 232 g/mol. The Morgan fingerprint density at radius 3 is 2.94 bits per heavy atom. The second-order valence-corrected chi connectivity index (χ2v) is 4.90. The molecular formula is C13H16N2OS. The molecule has 1 aromatic carbocycles. The molecule has 0 radical (unpaired) electrons. The molecule has 2 rings (SSSR count). The van der Waals surface area contributed by atoms with Crippen LogP contribution < -0.4 is 5.32 Å². The third-order valence-electron chi connectivity index (χ3n) is 2.66. The first-order valence-corrected chi connectivity index (χ1v) is 6.48. The lowest BCUT2D eigenvalue weighted by atomic mass is 10.1. The number of aromatic nitrogens is 1. The summed E-state index contributed by atoms with van der Waals surface area (Å²) in [6, 6.07) is 8.29. The molecule has 0 bridgehead atoms. The van der Waals surface area contributed by atoms with Crippen LogP contribution in [0.2, 0.25) is 0 Å². The summed E-state index contributed by atoms with van der Waals surface area (Å²) in [7, 11) is 0. The first kappa shape index (κ1) is 12.2. The van der Waals surface area contributed by atoms with Crippen molar-refractivity contribution in [3.63, 3.8) is 0 Å². The number of aliphatic hydroxyl groups excluding tert-OH is 1. The summed E-state index contributed by atoms with van der Waals surface area (Å²) >= 11 is 1.66. The minimum atomic E-state index is 0.0955. The molecule has 1 atom stereocenters. The van der Waals surface area contributed by atoms with E-state index in [0.717, 1.165) is 12.1 Å². The zero-order chi connectivity index (χ0) is 12.1. The largest absolute Gasteiger partial charge is 0.392 e. The number of rotatable bonds is 5. The summed E-state index contributed by atoms with van der Waals surface area (Å²) in [5.41, 5.74) is 3.99. The van der Waals surface area contributed by atoms with E-state index in [0.29, 0.717) is 6.04 Å². The molecule has 2 N–H and O–H groups in total. The molecule has 4 heteroatoms. The van der Waals surface area contributed by atoms with Gasteiger partial charge in [-0.25, -0.2) is 0 Å². The quantitative estimate of drug-likeness (QED) is 0.854. The Bertz CT molecular complexity index is 456. The molecule has 0 fully saturated rings. The standard InChI is InChI=1S/C13H16N2OS/c1-10(13-7-14-9-17-13)15-6-11-3-2-4-12(5-11)8-16/h2-5,7,9-10,15-16H,6,8H2,1H3. The van der Waals surface area contributed by atoms with Crippen molar-refractivity contribution in [1.82, 2.24) is 10.3 Å². The minimum absolute atomic E-state index is 0.0955. The number of hydrogen-bond acceptors (Lipinski definition) is 4. The van der Waals surface area contributed by atoms with Crippen LogP contribution in [0.4, 0.5) is 0 Å². The van der Waals surface area contributed by atoms with Crippen LogP contribution in [0, 0.1) is 0 Å². The number of thiazole rings is 1. The van der Waals surface area contributed by atoms with E-state index in [-0.39, 0.29) is 6.61 Å². The van der Waals surface area contributed by atoms with E-state index < -0.39 is 0 Å². The van der Waals surface area contributed by atoms with E-state index >= 15 is 0 Å². The van der Waals surface area contributed by atoms with Crippen LogP contribution in [-0.4, -0.2) is 10.1 Å². The molecule has 17 heavy (non-hydrogen) atoms. The molecule has 0 saturated heterocycles. The molecule has 3 nitrogen and oxygen atoms in total. The van der Waals surface area contributed by atoms with Crippen LogP contribution >= 0.6 is 11.3 Å². The Kier molecular flexibility index (Phi) is 4.25. The molecule has 0 saturated carbocycles. The van der Waals surface area contributed by atoms with Gasteiger partial charge in [0, 0.05) is 23.7 Å². The number of aliphatic hydroxyl groups is 1. The van der Waals surface area contributed by atoms with Crippen molar-refractivity contribution in [2.24, 2.45) is 0 Å². The van der Waals surface area contributed by atoms with Gasteiger partial charge < -0.3 is 10.4 Å². The molecule has 0 spiro atoms. The Balaban J connectivity index is 1.93.